The minimum Gasteiger partial charge on any atom is -0.497 e. The third-order valence-corrected chi connectivity index (χ3v) is 5.89. The van der Waals surface area contributed by atoms with E-state index in [1.807, 2.05) is 0 Å². The first-order chi connectivity index (χ1) is 15.0. The zero-order valence-electron chi connectivity index (χ0n) is 16.7. The first kappa shape index (κ1) is 19.3. The Morgan fingerprint density at radius 3 is 2.06 bits per heavy atom. The van der Waals surface area contributed by atoms with E-state index in [1.54, 1.807) is 79.9 Å². The number of carbonyl (C=O) groups excluding carboxylic acids is 2. The Kier molecular flexibility index (Phi) is 4.32. The highest BCUT2D eigenvalue weighted by molar-refractivity contribution is 6.15. The standard InChI is InChI=1S/C24H20N2O5/c1-30-16-12-10-15(11-13-16)14-31-24(18-7-3-5-9-20(18)26-22(24)28)23(29)17-6-2-4-8-19(17)25-21(23)27/h2-13,29H,14H2,1H3,(H,25,27)(H,26,28)/t23-,24-/m0/s1. The van der Waals surface area contributed by atoms with Gasteiger partial charge in [0, 0.05) is 22.5 Å². The summed E-state index contributed by atoms with van der Waals surface area (Å²) in [4.78, 5) is 26.6. The van der Waals surface area contributed by atoms with E-state index in [1.165, 1.54) is 0 Å². The number of nitrogens with one attached hydrogen (secondary N) is 2. The van der Waals surface area contributed by atoms with Gasteiger partial charge >= 0.3 is 0 Å². The number of hydrogen-bond donors (Lipinski definition) is 3. The summed E-state index contributed by atoms with van der Waals surface area (Å²) in [7, 11) is 1.58. The van der Waals surface area contributed by atoms with Crippen LogP contribution in [0.4, 0.5) is 11.4 Å². The molecule has 0 bridgehead atoms. The van der Waals surface area contributed by atoms with Crippen LogP contribution in [0.5, 0.6) is 5.75 Å². The van der Waals surface area contributed by atoms with Gasteiger partial charge in [0.15, 0.2) is 0 Å². The summed E-state index contributed by atoms with van der Waals surface area (Å²) in [5, 5.41) is 17.4. The quantitative estimate of drug-likeness (QED) is 0.594. The molecule has 7 nitrogen and oxygen atoms in total. The molecule has 0 saturated carbocycles. The highest BCUT2D eigenvalue weighted by Gasteiger charge is 2.69. The third kappa shape index (κ3) is 2.60. The molecule has 3 aromatic rings. The van der Waals surface area contributed by atoms with Crippen LogP contribution >= 0.6 is 0 Å². The van der Waals surface area contributed by atoms with Gasteiger partial charge < -0.3 is 25.2 Å². The molecule has 2 aliphatic rings. The fraction of sp³-hybridized carbons (Fsp3) is 0.167. The van der Waals surface area contributed by atoms with Crippen LogP contribution in [0.15, 0.2) is 72.8 Å². The van der Waals surface area contributed by atoms with Crippen molar-refractivity contribution in [2.24, 2.45) is 0 Å². The van der Waals surface area contributed by atoms with Gasteiger partial charge in [-0.05, 0) is 29.8 Å². The van der Waals surface area contributed by atoms with E-state index in [0.717, 1.165) is 5.56 Å². The number of benzene rings is 3. The van der Waals surface area contributed by atoms with E-state index >= 15 is 0 Å². The summed E-state index contributed by atoms with van der Waals surface area (Å²) < 4.78 is 11.4. The Morgan fingerprint density at radius 1 is 0.806 bits per heavy atom. The Hall–Kier alpha value is -3.68. The molecule has 3 N–H and O–H groups in total. The molecular formula is C24H20N2O5. The van der Waals surface area contributed by atoms with Crippen molar-refractivity contribution in [2.75, 3.05) is 17.7 Å². The van der Waals surface area contributed by atoms with Gasteiger partial charge in [0.2, 0.25) is 11.2 Å². The van der Waals surface area contributed by atoms with Gasteiger partial charge in [-0.3, -0.25) is 9.59 Å². The molecular weight excluding hydrogens is 396 g/mol. The van der Waals surface area contributed by atoms with Gasteiger partial charge in [0.05, 0.1) is 13.7 Å². The predicted octanol–water partition coefficient (Wildman–Crippen LogP) is 2.90. The smallest absolute Gasteiger partial charge is 0.265 e. The van der Waals surface area contributed by atoms with Crippen molar-refractivity contribution in [1.29, 1.82) is 0 Å². The van der Waals surface area contributed by atoms with Crippen LogP contribution < -0.4 is 15.4 Å². The molecule has 0 spiro atoms. The van der Waals surface area contributed by atoms with Gasteiger partial charge in [-0.25, -0.2) is 0 Å². The van der Waals surface area contributed by atoms with Crippen molar-refractivity contribution in [3.05, 3.63) is 89.5 Å². The van der Waals surface area contributed by atoms with Crippen LogP contribution in [0.1, 0.15) is 16.7 Å². The van der Waals surface area contributed by atoms with E-state index in [2.05, 4.69) is 10.6 Å². The number of aliphatic hydroxyl groups is 1. The number of carbonyl (C=O) groups is 2. The fourth-order valence-electron chi connectivity index (χ4n) is 4.34. The summed E-state index contributed by atoms with van der Waals surface area (Å²) in [5.41, 5.74) is -1.84. The second-order valence-electron chi connectivity index (χ2n) is 7.53. The lowest BCUT2D eigenvalue weighted by Crippen LogP contribution is -2.58. The van der Waals surface area contributed by atoms with Gasteiger partial charge in [0.1, 0.15) is 5.75 Å². The molecule has 0 radical (unpaired) electrons. The Bertz CT molecular complexity index is 1190. The number of amides is 2. The highest BCUT2D eigenvalue weighted by atomic mass is 16.5. The molecule has 2 aliphatic heterocycles. The van der Waals surface area contributed by atoms with E-state index in [-0.39, 0.29) is 6.61 Å². The maximum Gasteiger partial charge on any atom is 0.265 e. The first-order valence-electron chi connectivity index (χ1n) is 9.82. The van der Waals surface area contributed by atoms with Crippen LogP contribution in [0.3, 0.4) is 0 Å². The molecule has 0 fully saturated rings. The number of rotatable bonds is 5. The first-order valence-corrected chi connectivity index (χ1v) is 9.82. The van der Waals surface area contributed by atoms with Gasteiger partial charge in [-0.1, -0.05) is 48.5 Å². The summed E-state index contributed by atoms with van der Waals surface area (Å²) in [6.07, 6.45) is 0. The van der Waals surface area contributed by atoms with E-state index in [0.29, 0.717) is 28.3 Å². The predicted molar refractivity (Wildman–Crippen MR) is 114 cm³/mol. The largest absolute Gasteiger partial charge is 0.497 e. The molecule has 3 aromatic carbocycles. The molecule has 5 rings (SSSR count). The molecule has 2 amide bonds. The molecule has 2 heterocycles. The molecule has 2 atom stereocenters. The van der Waals surface area contributed by atoms with Gasteiger partial charge in [-0.15, -0.1) is 0 Å². The molecule has 7 heteroatoms. The van der Waals surface area contributed by atoms with E-state index in [4.69, 9.17) is 9.47 Å². The maximum absolute atomic E-state index is 13.4. The number of para-hydroxylation sites is 2. The zero-order valence-corrected chi connectivity index (χ0v) is 16.7. The number of anilines is 2. The monoisotopic (exact) mass is 416 g/mol. The van der Waals surface area contributed by atoms with Crippen molar-refractivity contribution in [3.63, 3.8) is 0 Å². The van der Waals surface area contributed by atoms with Crippen molar-refractivity contribution >= 4 is 23.2 Å². The molecule has 0 aliphatic carbocycles. The van der Waals surface area contributed by atoms with Crippen molar-refractivity contribution < 1.29 is 24.2 Å². The SMILES string of the molecule is COc1ccc(CO[C@]2([C@@]3(O)C(=O)Nc4ccccc43)C(=O)Nc3ccccc32)cc1. The fourth-order valence-corrected chi connectivity index (χ4v) is 4.34. The highest BCUT2D eigenvalue weighted by Crippen LogP contribution is 2.54. The van der Waals surface area contributed by atoms with Crippen molar-refractivity contribution in [1.82, 2.24) is 0 Å². The number of fused-ring (bicyclic) bond motifs is 2. The van der Waals surface area contributed by atoms with Crippen LogP contribution in [-0.2, 0) is 32.1 Å². The van der Waals surface area contributed by atoms with Crippen molar-refractivity contribution in [3.8, 4) is 5.75 Å². The average Bonchev–Trinajstić information content (AvgIpc) is 3.24. The average molecular weight is 416 g/mol. The minimum atomic E-state index is -2.26. The van der Waals surface area contributed by atoms with Crippen LogP contribution in [0.25, 0.3) is 0 Å². The molecule has 0 unspecified atom stereocenters. The Morgan fingerprint density at radius 2 is 1.39 bits per heavy atom. The number of ether oxygens (including phenoxy) is 2. The topological polar surface area (TPSA) is 96.9 Å². The second-order valence-corrected chi connectivity index (χ2v) is 7.53. The van der Waals surface area contributed by atoms with E-state index < -0.39 is 23.0 Å². The summed E-state index contributed by atoms with van der Waals surface area (Å²) in [6, 6.07) is 20.8. The van der Waals surface area contributed by atoms with Gasteiger partial charge in [-0.2, -0.15) is 0 Å². The Labute approximate surface area is 178 Å². The number of hydrogen-bond acceptors (Lipinski definition) is 5. The lowest BCUT2D eigenvalue weighted by Gasteiger charge is -2.39. The lowest BCUT2D eigenvalue weighted by molar-refractivity contribution is -0.199. The van der Waals surface area contributed by atoms with Crippen LogP contribution in [0.2, 0.25) is 0 Å². The molecule has 31 heavy (non-hydrogen) atoms. The summed E-state index contributed by atoms with van der Waals surface area (Å²) in [6.45, 7) is -0.0104. The van der Waals surface area contributed by atoms with Crippen LogP contribution in [-0.4, -0.2) is 24.0 Å². The van der Waals surface area contributed by atoms with E-state index in [9.17, 15) is 14.7 Å². The molecule has 0 saturated heterocycles. The molecule has 0 aromatic heterocycles. The maximum atomic E-state index is 13.4. The van der Waals surface area contributed by atoms with Crippen LogP contribution in [0, 0.1) is 0 Å². The number of methoxy groups -OCH3 is 1. The Balaban J connectivity index is 1.66. The van der Waals surface area contributed by atoms with Gasteiger partial charge in [0.25, 0.3) is 11.8 Å². The summed E-state index contributed by atoms with van der Waals surface area (Å²) >= 11 is 0. The molecule has 156 valence electrons. The summed E-state index contributed by atoms with van der Waals surface area (Å²) in [5.74, 6) is -0.628. The third-order valence-electron chi connectivity index (χ3n) is 5.89. The minimum absolute atomic E-state index is 0.0104. The normalized spacial score (nSPS) is 23.7. The lowest BCUT2D eigenvalue weighted by atomic mass is 9.74. The van der Waals surface area contributed by atoms with Crippen molar-refractivity contribution in [2.45, 2.75) is 17.8 Å². The second kappa shape index (κ2) is 6.94. The zero-order chi connectivity index (χ0) is 21.6.